The smallest absolute Gasteiger partial charge is 0.0581 e. The summed E-state index contributed by atoms with van der Waals surface area (Å²) in [5, 5.41) is 0. The van der Waals surface area contributed by atoms with E-state index in [1.807, 2.05) is 0 Å². The highest BCUT2D eigenvalue weighted by molar-refractivity contribution is 7.85. The molecule has 3 nitrogen and oxygen atoms in total. The van der Waals surface area contributed by atoms with Gasteiger partial charge in [-0.1, -0.05) is 6.92 Å². The largest absolute Gasteiger partial charge is 0.381 e. The average molecular weight is 179 g/mol. The zero-order chi connectivity index (χ0) is 8.53. The van der Waals surface area contributed by atoms with E-state index in [1.165, 1.54) is 0 Å². The maximum absolute atomic E-state index is 11.0. The second-order valence-electron chi connectivity index (χ2n) is 2.25. The molecule has 0 fully saturated rings. The van der Waals surface area contributed by atoms with Gasteiger partial charge in [-0.3, -0.25) is 4.21 Å². The van der Waals surface area contributed by atoms with Crippen molar-refractivity contribution >= 4 is 10.8 Å². The number of rotatable bonds is 7. The molecule has 0 bridgehead atoms. The summed E-state index contributed by atoms with van der Waals surface area (Å²) in [4.78, 5) is 0. The van der Waals surface area contributed by atoms with Gasteiger partial charge in [0.25, 0.3) is 0 Å². The molecule has 0 spiro atoms. The molecule has 0 heterocycles. The molecule has 0 saturated carbocycles. The summed E-state index contributed by atoms with van der Waals surface area (Å²) in [6.45, 7) is 3.91. The maximum atomic E-state index is 11.0. The van der Waals surface area contributed by atoms with Crippen molar-refractivity contribution in [2.75, 3.05) is 31.3 Å². The summed E-state index contributed by atoms with van der Waals surface area (Å²) in [6, 6.07) is 0. The SMILES string of the molecule is CCCOCCS(=O)CCN. The minimum atomic E-state index is -0.774. The summed E-state index contributed by atoms with van der Waals surface area (Å²) in [7, 11) is -0.774. The quantitative estimate of drug-likeness (QED) is 0.565. The number of hydrogen-bond donors (Lipinski definition) is 1. The lowest BCUT2D eigenvalue weighted by Gasteiger charge is -2.01. The van der Waals surface area contributed by atoms with Gasteiger partial charge in [-0.15, -0.1) is 0 Å². The topological polar surface area (TPSA) is 52.3 Å². The molecule has 0 radical (unpaired) electrons. The van der Waals surface area contributed by atoms with E-state index in [9.17, 15) is 4.21 Å². The molecule has 4 heteroatoms. The summed E-state index contributed by atoms with van der Waals surface area (Å²) < 4.78 is 16.1. The molecule has 0 aliphatic heterocycles. The molecular formula is C7H17NO2S. The molecule has 0 aromatic heterocycles. The molecule has 1 atom stereocenters. The fourth-order valence-electron chi connectivity index (χ4n) is 0.632. The van der Waals surface area contributed by atoms with E-state index in [2.05, 4.69) is 6.92 Å². The molecule has 0 saturated heterocycles. The minimum absolute atomic E-state index is 0.500. The first-order valence-corrected chi connectivity index (χ1v) is 5.42. The van der Waals surface area contributed by atoms with Crippen molar-refractivity contribution in [3.63, 3.8) is 0 Å². The van der Waals surface area contributed by atoms with E-state index >= 15 is 0 Å². The Labute approximate surface area is 70.8 Å². The second kappa shape index (κ2) is 8.17. The minimum Gasteiger partial charge on any atom is -0.381 e. The van der Waals surface area contributed by atoms with Gasteiger partial charge in [-0.25, -0.2) is 0 Å². The van der Waals surface area contributed by atoms with Crippen LogP contribution in [-0.2, 0) is 15.5 Å². The van der Waals surface area contributed by atoms with Crippen LogP contribution in [-0.4, -0.2) is 35.5 Å². The van der Waals surface area contributed by atoms with Crippen LogP contribution in [0.2, 0.25) is 0 Å². The molecule has 0 amide bonds. The third kappa shape index (κ3) is 7.97. The van der Waals surface area contributed by atoms with E-state index < -0.39 is 10.8 Å². The Hall–Kier alpha value is 0.0700. The van der Waals surface area contributed by atoms with Gasteiger partial charge in [0, 0.05) is 35.5 Å². The van der Waals surface area contributed by atoms with Crippen molar-refractivity contribution in [2.45, 2.75) is 13.3 Å². The van der Waals surface area contributed by atoms with Gasteiger partial charge < -0.3 is 10.5 Å². The Balaban J connectivity index is 3.04. The third-order valence-electron chi connectivity index (χ3n) is 1.15. The number of nitrogens with two attached hydrogens (primary N) is 1. The molecular weight excluding hydrogens is 162 g/mol. The van der Waals surface area contributed by atoms with E-state index in [4.69, 9.17) is 10.5 Å². The summed E-state index contributed by atoms with van der Waals surface area (Å²) in [5.74, 6) is 1.21. The lowest BCUT2D eigenvalue weighted by Crippen LogP contribution is -2.15. The highest BCUT2D eigenvalue weighted by Gasteiger charge is 1.96. The Kier molecular flexibility index (Phi) is 8.22. The van der Waals surface area contributed by atoms with E-state index in [-0.39, 0.29) is 0 Å². The highest BCUT2D eigenvalue weighted by Crippen LogP contribution is 1.84. The molecule has 0 aromatic rings. The Morgan fingerprint density at radius 1 is 1.36 bits per heavy atom. The van der Waals surface area contributed by atoms with E-state index in [0.29, 0.717) is 24.7 Å². The zero-order valence-electron chi connectivity index (χ0n) is 7.04. The Bertz CT molecular complexity index is 109. The molecule has 0 aliphatic rings. The van der Waals surface area contributed by atoms with Gasteiger partial charge >= 0.3 is 0 Å². The molecule has 0 rings (SSSR count). The Morgan fingerprint density at radius 3 is 2.64 bits per heavy atom. The number of ether oxygens (including phenoxy) is 1. The van der Waals surface area contributed by atoms with Crippen molar-refractivity contribution in [3.05, 3.63) is 0 Å². The first kappa shape index (κ1) is 11.1. The molecule has 2 N–H and O–H groups in total. The van der Waals surface area contributed by atoms with Crippen LogP contribution in [0.5, 0.6) is 0 Å². The fraction of sp³-hybridized carbons (Fsp3) is 1.00. The molecule has 0 aliphatic carbocycles. The summed E-state index contributed by atoms with van der Waals surface area (Å²) in [5.41, 5.74) is 5.23. The summed E-state index contributed by atoms with van der Waals surface area (Å²) >= 11 is 0. The van der Waals surface area contributed by atoms with E-state index in [1.54, 1.807) is 0 Å². The first-order valence-electron chi connectivity index (χ1n) is 3.94. The Morgan fingerprint density at radius 2 is 2.09 bits per heavy atom. The van der Waals surface area contributed by atoms with Crippen LogP contribution in [0, 0.1) is 0 Å². The second-order valence-corrected chi connectivity index (χ2v) is 3.95. The summed E-state index contributed by atoms with van der Waals surface area (Å²) in [6.07, 6.45) is 1.02. The first-order chi connectivity index (χ1) is 5.31. The van der Waals surface area contributed by atoms with Crippen LogP contribution < -0.4 is 5.73 Å². The van der Waals surface area contributed by atoms with Gasteiger partial charge in [0.05, 0.1) is 6.61 Å². The molecule has 1 unspecified atom stereocenters. The zero-order valence-corrected chi connectivity index (χ0v) is 7.86. The van der Waals surface area contributed by atoms with Crippen LogP contribution in [0.25, 0.3) is 0 Å². The van der Waals surface area contributed by atoms with Gasteiger partial charge in [-0.2, -0.15) is 0 Å². The molecule has 0 aromatic carbocycles. The van der Waals surface area contributed by atoms with Crippen molar-refractivity contribution in [1.82, 2.24) is 0 Å². The standard InChI is InChI=1S/C7H17NO2S/c1-2-4-10-5-7-11(9)6-3-8/h2-8H2,1H3. The van der Waals surface area contributed by atoms with E-state index in [0.717, 1.165) is 13.0 Å². The van der Waals surface area contributed by atoms with Crippen LogP contribution in [0.3, 0.4) is 0 Å². The van der Waals surface area contributed by atoms with Gasteiger partial charge in [0.15, 0.2) is 0 Å². The van der Waals surface area contributed by atoms with Crippen LogP contribution in [0.1, 0.15) is 13.3 Å². The highest BCUT2D eigenvalue weighted by atomic mass is 32.2. The third-order valence-corrected chi connectivity index (χ3v) is 2.46. The molecule has 68 valence electrons. The maximum Gasteiger partial charge on any atom is 0.0581 e. The van der Waals surface area contributed by atoms with Gasteiger partial charge in [0.1, 0.15) is 0 Å². The predicted molar refractivity (Wildman–Crippen MR) is 48.0 cm³/mol. The number of hydrogen-bond acceptors (Lipinski definition) is 3. The van der Waals surface area contributed by atoms with Crippen LogP contribution in [0.15, 0.2) is 0 Å². The van der Waals surface area contributed by atoms with Crippen molar-refractivity contribution in [1.29, 1.82) is 0 Å². The van der Waals surface area contributed by atoms with Crippen molar-refractivity contribution < 1.29 is 8.95 Å². The fourth-order valence-corrected chi connectivity index (χ4v) is 1.40. The molecule has 11 heavy (non-hydrogen) atoms. The monoisotopic (exact) mass is 179 g/mol. The van der Waals surface area contributed by atoms with Crippen LogP contribution in [0.4, 0.5) is 0 Å². The van der Waals surface area contributed by atoms with Crippen molar-refractivity contribution in [2.24, 2.45) is 5.73 Å². The lowest BCUT2D eigenvalue weighted by atomic mass is 10.5. The van der Waals surface area contributed by atoms with Gasteiger partial charge in [-0.05, 0) is 6.42 Å². The van der Waals surface area contributed by atoms with Gasteiger partial charge in [0.2, 0.25) is 0 Å². The van der Waals surface area contributed by atoms with Crippen molar-refractivity contribution in [3.8, 4) is 0 Å². The predicted octanol–water partition coefficient (Wildman–Crippen LogP) is 0.120. The lowest BCUT2D eigenvalue weighted by molar-refractivity contribution is 0.150. The van der Waals surface area contributed by atoms with Crippen LogP contribution >= 0.6 is 0 Å². The average Bonchev–Trinajstić information content (AvgIpc) is 1.99. The normalized spacial score (nSPS) is 13.3.